The zero-order chi connectivity index (χ0) is 6.69. The third-order valence-corrected chi connectivity index (χ3v) is 1.73. The van der Waals surface area contributed by atoms with Crippen LogP contribution in [0.25, 0.3) is 0 Å². The predicted octanol–water partition coefficient (Wildman–Crippen LogP) is 2.13. The molecule has 0 aromatic heterocycles. The molecule has 0 aliphatic carbocycles. The maximum Gasteiger partial charge on any atom is 0.0779 e. The van der Waals surface area contributed by atoms with Crippen molar-refractivity contribution in [3.05, 3.63) is 12.2 Å². The van der Waals surface area contributed by atoms with Crippen molar-refractivity contribution in [1.82, 2.24) is 0 Å². The topological polar surface area (TPSA) is 9.23 Å². The molecule has 1 fully saturated rings. The van der Waals surface area contributed by atoms with Crippen molar-refractivity contribution < 1.29 is 4.74 Å². The quantitative estimate of drug-likeness (QED) is 0.489. The van der Waals surface area contributed by atoms with Crippen molar-refractivity contribution in [2.75, 3.05) is 6.61 Å². The molecule has 1 aliphatic rings. The normalized spacial score (nSPS) is 27.9. The molecule has 0 unspecified atom stereocenters. The van der Waals surface area contributed by atoms with Gasteiger partial charge in [-0.2, -0.15) is 0 Å². The molecule has 1 heterocycles. The van der Waals surface area contributed by atoms with E-state index in [1.54, 1.807) is 0 Å². The number of ether oxygens (including phenoxy) is 1. The minimum Gasteiger partial charge on any atom is -0.374 e. The molecule has 1 nitrogen and oxygen atoms in total. The lowest BCUT2D eigenvalue weighted by molar-refractivity contribution is 0.0396. The molecule has 0 bridgehead atoms. The Labute approximate surface area is 56.7 Å². The third-order valence-electron chi connectivity index (χ3n) is 1.73. The van der Waals surface area contributed by atoms with E-state index < -0.39 is 0 Å². The van der Waals surface area contributed by atoms with Crippen molar-refractivity contribution in [3.8, 4) is 0 Å². The standard InChI is InChI=1S/C8H14O/c1-7(2)8-5-3-4-6-9-8/h8H,1,3-6H2,2H3/t8-/m1/s1. The summed E-state index contributed by atoms with van der Waals surface area (Å²) >= 11 is 0. The van der Waals surface area contributed by atoms with E-state index >= 15 is 0 Å². The van der Waals surface area contributed by atoms with E-state index in [1.807, 2.05) is 6.92 Å². The van der Waals surface area contributed by atoms with Crippen LogP contribution < -0.4 is 0 Å². The van der Waals surface area contributed by atoms with Crippen LogP contribution in [-0.2, 0) is 4.74 Å². The van der Waals surface area contributed by atoms with Gasteiger partial charge in [0.15, 0.2) is 0 Å². The van der Waals surface area contributed by atoms with Gasteiger partial charge < -0.3 is 4.74 Å². The van der Waals surface area contributed by atoms with Gasteiger partial charge in [-0.05, 0) is 26.2 Å². The van der Waals surface area contributed by atoms with Crippen LogP contribution in [0.5, 0.6) is 0 Å². The first-order chi connectivity index (χ1) is 4.30. The Morgan fingerprint density at radius 3 is 2.67 bits per heavy atom. The van der Waals surface area contributed by atoms with Gasteiger partial charge >= 0.3 is 0 Å². The first kappa shape index (κ1) is 6.81. The largest absolute Gasteiger partial charge is 0.374 e. The van der Waals surface area contributed by atoms with Gasteiger partial charge in [0.05, 0.1) is 6.10 Å². The van der Waals surface area contributed by atoms with Crippen LogP contribution >= 0.6 is 0 Å². The first-order valence-electron chi connectivity index (χ1n) is 3.57. The molecule has 1 atom stereocenters. The van der Waals surface area contributed by atoms with Gasteiger partial charge in [0.25, 0.3) is 0 Å². The van der Waals surface area contributed by atoms with Crippen molar-refractivity contribution >= 4 is 0 Å². The summed E-state index contributed by atoms with van der Waals surface area (Å²) in [5, 5.41) is 0. The summed E-state index contributed by atoms with van der Waals surface area (Å²) in [6.45, 7) is 6.82. The number of hydrogen-bond donors (Lipinski definition) is 0. The van der Waals surface area contributed by atoms with E-state index in [1.165, 1.54) is 24.8 Å². The number of hydrogen-bond acceptors (Lipinski definition) is 1. The first-order valence-corrected chi connectivity index (χ1v) is 3.57. The Kier molecular flexibility index (Phi) is 2.29. The highest BCUT2D eigenvalue weighted by Gasteiger charge is 2.12. The minimum atomic E-state index is 0.360. The monoisotopic (exact) mass is 126 g/mol. The maximum absolute atomic E-state index is 5.44. The lowest BCUT2D eigenvalue weighted by Crippen LogP contribution is -2.19. The Bertz CT molecular complexity index is 101. The summed E-state index contributed by atoms with van der Waals surface area (Å²) in [4.78, 5) is 0. The molecule has 0 N–H and O–H groups in total. The van der Waals surface area contributed by atoms with Gasteiger partial charge in [0.2, 0.25) is 0 Å². The Balaban J connectivity index is 2.31. The van der Waals surface area contributed by atoms with Crippen LogP contribution in [0.2, 0.25) is 0 Å². The van der Waals surface area contributed by atoms with E-state index in [4.69, 9.17) is 4.74 Å². The molecular formula is C8H14O. The van der Waals surface area contributed by atoms with E-state index in [0.717, 1.165) is 6.61 Å². The second-order valence-corrected chi connectivity index (χ2v) is 2.70. The summed E-state index contributed by atoms with van der Waals surface area (Å²) in [7, 11) is 0. The van der Waals surface area contributed by atoms with Gasteiger partial charge in [-0.15, -0.1) is 0 Å². The van der Waals surface area contributed by atoms with Crippen molar-refractivity contribution in [3.63, 3.8) is 0 Å². The van der Waals surface area contributed by atoms with E-state index in [-0.39, 0.29) is 0 Å². The fourth-order valence-electron chi connectivity index (χ4n) is 1.13. The van der Waals surface area contributed by atoms with Crippen LogP contribution in [0.4, 0.5) is 0 Å². The van der Waals surface area contributed by atoms with E-state index in [9.17, 15) is 0 Å². The van der Waals surface area contributed by atoms with Gasteiger partial charge in [-0.1, -0.05) is 12.2 Å². The van der Waals surface area contributed by atoms with Gasteiger partial charge in [0, 0.05) is 6.61 Å². The summed E-state index contributed by atoms with van der Waals surface area (Å²) < 4.78 is 5.44. The van der Waals surface area contributed by atoms with Crippen LogP contribution in [0.3, 0.4) is 0 Å². The zero-order valence-electron chi connectivity index (χ0n) is 6.02. The lowest BCUT2D eigenvalue weighted by atomic mass is 10.0. The smallest absolute Gasteiger partial charge is 0.0779 e. The number of rotatable bonds is 1. The highest BCUT2D eigenvalue weighted by atomic mass is 16.5. The highest BCUT2D eigenvalue weighted by molar-refractivity contribution is 4.98. The van der Waals surface area contributed by atoms with Crippen molar-refractivity contribution in [1.29, 1.82) is 0 Å². The van der Waals surface area contributed by atoms with E-state index in [0.29, 0.717) is 6.10 Å². The molecule has 1 aliphatic heterocycles. The van der Waals surface area contributed by atoms with Gasteiger partial charge in [-0.3, -0.25) is 0 Å². The average molecular weight is 126 g/mol. The molecule has 9 heavy (non-hydrogen) atoms. The maximum atomic E-state index is 5.44. The minimum absolute atomic E-state index is 0.360. The molecule has 52 valence electrons. The summed E-state index contributed by atoms with van der Waals surface area (Å²) in [5.41, 5.74) is 1.18. The van der Waals surface area contributed by atoms with Gasteiger partial charge in [-0.25, -0.2) is 0 Å². The Hall–Kier alpha value is -0.300. The molecule has 0 saturated carbocycles. The van der Waals surface area contributed by atoms with Crippen LogP contribution in [-0.4, -0.2) is 12.7 Å². The Morgan fingerprint density at radius 2 is 2.33 bits per heavy atom. The second kappa shape index (κ2) is 3.02. The fraction of sp³-hybridized carbons (Fsp3) is 0.750. The zero-order valence-corrected chi connectivity index (χ0v) is 6.02. The van der Waals surface area contributed by atoms with Crippen LogP contribution in [0, 0.1) is 0 Å². The molecule has 1 saturated heterocycles. The van der Waals surface area contributed by atoms with Crippen LogP contribution in [0.1, 0.15) is 26.2 Å². The highest BCUT2D eigenvalue weighted by Crippen LogP contribution is 2.17. The lowest BCUT2D eigenvalue weighted by Gasteiger charge is -2.22. The molecule has 0 amide bonds. The SMILES string of the molecule is C=C(C)[C@H]1CCCCO1. The average Bonchev–Trinajstić information content (AvgIpc) is 1.90. The summed E-state index contributed by atoms with van der Waals surface area (Å²) in [6.07, 6.45) is 4.06. The summed E-state index contributed by atoms with van der Waals surface area (Å²) in [5.74, 6) is 0. The third kappa shape index (κ3) is 1.83. The molecule has 0 aromatic carbocycles. The Morgan fingerprint density at radius 1 is 1.56 bits per heavy atom. The fourth-order valence-corrected chi connectivity index (χ4v) is 1.13. The van der Waals surface area contributed by atoms with Crippen molar-refractivity contribution in [2.24, 2.45) is 0 Å². The molecule has 1 rings (SSSR count). The predicted molar refractivity (Wildman–Crippen MR) is 38.4 cm³/mol. The molecule has 0 radical (unpaired) electrons. The molecule has 1 heteroatoms. The van der Waals surface area contributed by atoms with E-state index in [2.05, 4.69) is 6.58 Å². The molecule has 0 spiro atoms. The van der Waals surface area contributed by atoms with Crippen LogP contribution in [0.15, 0.2) is 12.2 Å². The second-order valence-electron chi connectivity index (χ2n) is 2.70. The molecule has 0 aromatic rings. The summed E-state index contributed by atoms with van der Waals surface area (Å²) in [6, 6.07) is 0. The van der Waals surface area contributed by atoms with Gasteiger partial charge in [0.1, 0.15) is 0 Å². The molecular weight excluding hydrogens is 112 g/mol. The van der Waals surface area contributed by atoms with Crippen molar-refractivity contribution in [2.45, 2.75) is 32.3 Å².